The molecule has 1 aromatic rings. The molecule has 0 fully saturated rings. The SMILES string of the molecule is CCc1ccc(C(C)CC(=O)NCC(O)C(C)C)cc1. The van der Waals surface area contributed by atoms with Crippen LogP contribution in [0.3, 0.4) is 0 Å². The van der Waals surface area contributed by atoms with Gasteiger partial charge >= 0.3 is 0 Å². The topological polar surface area (TPSA) is 49.3 Å². The molecule has 0 aliphatic heterocycles. The van der Waals surface area contributed by atoms with E-state index in [1.165, 1.54) is 11.1 Å². The fourth-order valence-corrected chi connectivity index (χ4v) is 2.00. The van der Waals surface area contributed by atoms with Crippen molar-refractivity contribution in [3.63, 3.8) is 0 Å². The molecule has 1 amide bonds. The number of amides is 1. The van der Waals surface area contributed by atoms with Gasteiger partial charge in [0.25, 0.3) is 0 Å². The van der Waals surface area contributed by atoms with Gasteiger partial charge < -0.3 is 10.4 Å². The molecule has 0 bridgehead atoms. The lowest BCUT2D eigenvalue weighted by Gasteiger charge is -2.17. The minimum Gasteiger partial charge on any atom is -0.391 e. The van der Waals surface area contributed by atoms with Crippen LogP contribution in [0.1, 0.15) is 51.2 Å². The van der Waals surface area contributed by atoms with Crippen LogP contribution in [0.25, 0.3) is 0 Å². The Bertz CT molecular complexity index is 412. The highest BCUT2D eigenvalue weighted by Gasteiger charge is 2.14. The predicted octanol–water partition coefficient (Wildman–Crippen LogP) is 2.88. The number of nitrogens with one attached hydrogen (secondary N) is 1. The molecule has 0 aromatic heterocycles. The summed E-state index contributed by atoms with van der Waals surface area (Å²) in [7, 11) is 0. The second-order valence-corrected chi connectivity index (χ2v) is 5.82. The predicted molar refractivity (Wildman–Crippen MR) is 82.7 cm³/mol. The van der Waals surface area contributed by atoms with Gasteiger partial charge in [0, 0.05) is 13.0 Å². The number of hydrogen-bond donors (Lipinski definition) is 2. The molecule has 0 heterocycles. The Balaban J connectivity index is 2.44. The van der Waals surface area contributed by atoms with E-state index in [9.17, 15) is 9.90 Å². The summed E-state index contributed by atoms with van der Waals surface area (Å²) in [5.74, 6) is 0.350. The van der Waals surface area contributed by atoms with Gasteiger partial charge in [-0.2, -0.15) is 0 Å². The average Bonchev–Trinajstić information content (AvgIpc) is 2.44. The van der Waals surface area contributed by atoms with Gasteiger partial charge in [-0.1, -0.05) is 52.0 Å². The zero-order chi connectivity index (χ0) is 15.1. The van der Waals surface area contributed by atoms with E-state index in [4.69, 9.17) is 0 Å². The molecule has 20 heavy (non-hydrogen) atoms. The maximum atomic E-state index is 11.9. The number of aryl methyl sites for hydroxylation is 1. The third kappa shape index (κ3) is 5.33. The summed E-state index contributed by atoms with van der Waals surface area (Å²) in [6.07, 6.45) is 1.01. The number of benzene rings is 1. The van der Waals surface area contributed by atoms with Crippen LogP contribution >= 0.6 is 0 Å². The minimum atomic E-state index is -0.474. The minimum absolute atomic E-state index is 0.00299. The van der Waals surface area contributed by atoms with Crippen LogP contribution in [-0.4, -0.2) is 23.7 Å². The molecule has 0 saturated heterocycles. The monoisotopic (exact) mass is 277 g/mol. The largest absolute Gasteiger partial charge is 0.391 e. The van der Waals surface area contributed by atoms with Gasteiger partial charge in [-0.3, -0.25) is 4.79 Å². The van der Waals surface area contributed by atoms with Crippen molar-refractivity contribution in [3.8, 4) is 0 Å². The maximum absolute atomic E-state index is 11.9. The summed E-state index contributed by atoms with van der Waals surface area (Å²) in [4.78, 5) is 11.9. The Morgan fingerprint density at radius 3 is 2.30 bits per heavy atom. The van der Waals surface area contributed by atoms with E-state index in [0.717, 1.165) is 6.42 Å². The van der Waals surface area contributed by atoms with Crippen molar-refractivity contribution in [1.82, 2.24) is 5.32 Å². The standard InChI is InChI=1S/C17H27NO2/c1-5-14-6-8-15(9-7-14)13(4)10-17(20)18-11-16(19)12(2)3/h6-9,12-13,16,19H,5,10-11H2,1-4H3,(H,18,20). The van der Waals surface area contributed by atoms with Crippen LogP contribution in [0.15, 0.2) is 24.3 Å². The third-order valence-corrected chi connectivity index (χ3v) is 3.73. The third-order valence-electron chi connectivity index (χ3n) is 3.73. The molecule has 3 heteroatoms. The van der Waals surface area contributed by atoms with Gasteiger partial charge in [-0.25, -0.2) is 0 Å². The van der Waals surface area contributed by atoms with Crippen LogP contribution in [0.5, 0.6) is 0 Å². The lowest BCUT2D eigenvalue weighted by Crippen LogP contribution is -2.35. The maximum Gasteiger partial charge on any atom is 0.220 e. The van der Waals surface area contributed by atoms with Crippen LogP contribution in [0, 0.1) is 5.92 Å². The summed E-state index contributed by atoms with van der Waals surface area (Å²) in [5, 5.41) is 12.5. The second-order valence-electron chi connectivity index (χ2n) is 5.82. The Morgan fingerprint density at radius 1 is 1.20 bits per heavy atom. The van der Waals surface area contributed by atoms with Crippen molar-refractivity contribution in [3.05, 3.63) is 35.4 Å². The van der Waals surface area contributed by atoms with Crippen LogP contribution in [0.2, 0.25) is 0 Å². The first-order chi connectivity index (χ1) is 9.43. The number of rotatable bonds is 7. The summed E-state index contributed by atoms with van der Waals surface area (Å²) in [6.45, 7) is 8.40. The molecule has 3 nitrogen and oxygen atoms in total. The molecular weight excluding hydrogens is 250 g/mol. The molecule has 0 aliphatic carbocycles. The molecule has 0 saturated carbocycles. The lowest BCUT2D eigenvalue weighted by atomic mass is 9.96. The van der Waals surface area contributed by atoms with Gasteiger partial charge in [0.1, 0.15) is 0 Å². The van der Waals surface area contributed by atoms with E-state index in [1.54, 1.807) is 0 Å². The van der Waals surface area contributed by atoms with Gasteiger partial charge in [0.15, 0.2) is 0 Å². The van der Waals surface area contributed by atoms with E-state index in [1.807, 2.05) is 13.8 Å². The smallest absolute Gasteiger partial charge is 0.220 e. The van der Waals surface area contributed by atoms with Gasteiger partial charge in [-0.15, -0.1) is 0 Å². The Hall–Kier alpha value is -1.35. The van der Waals surface area contributed by atoms with E-state index < -0.39 is 6.10 Å². The highest BCUT2D eigenvalue weighted by molar-refractivity contribution is 5.76. The number of aliphatic hydroxyl groups is 1. The van der Waals surface area contributed by atoms with Crippen molar-refractivity contribution >= 4 is 5.91 Å². The molecule has 1 rings (SSSR count). The molecule has 2 unspecified atom stereocenters. The quantitative estimate of drug-likeness (QED) is 0.805. The second kappa shape index (κ2) is 8.05. The zero-order valence-electron chi connectivity index (χ0n) is 13.0. The van der Waals surface area contributed by atoms with Crippen molar-refractivity contribution in [1.29, 1.82) is 0 Å². The number of carbonyl (C=O) groups is 1. The number of aliphatic hydroxyl groups excluding tert-OH is 1. The van der Waals surface area contributed by atoms with Crippen molar-refractivity contribution < 1.29 is 9.90 Å². The Kier molecular flexibility index (Phi) is 6.73. The van der Waals surface area contributed by atoms with E-state index in [2.05, 4.69) is 43.4 Å². The van der Waals surface area contributed by atoms with Gasteiger partial charge in [-0.05, 0) is 29.4 Å². The van der Waals surface area contributed by atoms with Crippen molar-refractivity contribution in [2.75, 3.05) is 6.54 Å². The van der Waals surface area contributed by atoms with Crippen molar-refractivity contribution in [2.24, 2.45) is 5.92 Å². The average molecular weight is 277 g/mol. The fraction of sp³-hybridized carbons (Fsp3) is 0.588. The van der Waals surface area contributed by atoms with Crippen LogP contribution < -0.4 is 5.32 Å². The van der Waals surface area contributed by atoms with E-state index in [0.29, 0.717) is 13.0 Å². The molecule has 0 aliphatic rings. The van der Waals surface area contributed by atoms with Gasteiger partial charge in [0.05, 0.1) is 6.10 Å². The first kappa shape index (κ1) is 16.7. The first-order valence-electron chi connectivity index (χ1n) is 7.47. The van der Waals surface area contributed by atoms with E-state index in [-0.39, 0.29) is 17.7 Å². The normalized spacial score (nSPS) is 14.1. The van der Waals surface area contributed by atoms with Crippen LogP contribution in [0.4, 0.5) is 0 Å². The van der Waals surface area contributed by atoms with Gasteiger partial charge in [0.2, 0.25) is 5.91 Å². The molecule has 1 aromatic carbocycles. The molecule has 2 atom stereocenters. The first-order valence-corrected chi connectivity index (χ1v) is 7.47. The Morgan fingerprint density at radius 2 is 1.80 bits per heavy atom. The van der Waals surface area contributed by atoms with E-state index >= 15 is 0 Å². The molecule has 112 valence electrons. The highest BCUT2D eigenvalue weighted by Crippen LogP contribution is 2.19. The summed E-state index contributed by atoms with van der Waals surface area (Å²) in [6, 6.07) is 8.43. The number of hydrogen-bond acceptors (Lipinski definition) is 2. The lowest BCUT2D eigenvalue weighted by molar-refractivity contribution is -0.122. The molecular formula is C17H27NO2. The fourth-order valence-electron chi connectivity index (χ4n) is 2.00. The highest BCUT2D eigenvalue weighted by atomic mass is 16.3. The summed E-state index contributed by atoms with van der Waals surface area (Å²) >= 11 is 0. The summed E-state index contributed by atoms with van der Waals surface area (Å²) in [5.41, 5.74) is 2.49. The van der Waals surface area contributed by atoms with Crippen LogP contribution in [-0.2, 0) is 11.2 Å². The molecule has 0 radical (unpaired) electrons. The zero-order valence-corrected chi connectivity index (χ0v) is 13.0. The van der Waals surface area contributed by atoms with Crippen molar-refractivity contribution in [2.45, 2.75) is 52.6 Å². The molecule has 0 spiro atoms. The molecule has 2 N–H and O–H groups in total. The number of carbonyl (C=O) groups excluding carboxylic acids is 1. The Labute approximate surface area is 122 Å². The summed E-state index contributed by atoms with van der Waals surface area (Å²) < 4.78 is 0.